The minimum absolute atomic E-state index is 0.0232. The minimum atomic E-state index is -0.0857. The number of amides is 1. The van der Waals surface area contributed by atoms with Crippen LogP contribution in [0, 0.1) is 5.92 Å². The van der Waals surface area contributed by atoms with Gasteiger partial charge in [-0.2, -0.15) is 0 Å². The van der Waals surface area contributed by atoms with Crippen LogP contribution in [0.15, 0.2) is 0 Å². The van der Waals surface area contributed by atoms with Gasteiger partial charge in [-0.1, -0.05) is 6.92 Å². The Morgan fingerprint density at radius 3 is 2.08 bits per heavy atom. The van der Waals surface area contributed by atoms with E-state index in [4.69, 9.17) is 4.74 Å². The number of carbonyl (C=O) groups is 1. The van der Waals surface area contributed by atoms with Crippen LogP contribution >= 0.6 is 0 Å². The zero-order valence-corrected chi connectivity index (χ0v) is 8.55. The van der Waals surface area contributed by atoms with Crippen molar-refractivity contribution in [3.05, 3.63) is 0 Å². The van der Waals surface area contributed by atoms with E-state index >= 15 is 0 Å². The topological polar surface area (TPSA) is 38.3 Å². The average molecular weight is 173 g/mol. The van der Waals surface area contributed by atoms with Crippen LogP contribution in [0.4, 0.5) is 0 Å². The second-order valence-corrected chi connectivity index (χ2v) is 3.29. The molecule has 0 aromatic carbocycles. The molecule has 3 heteroatoms. The number of nitrogens with one attached hydrogen (secondary N) is 1. The fraction of sp³-hybridized carbons (Fsp3) is 0.889. The van der Waals surface area contributed by atoms with E-state index in [0.717, 1.165) is 0 Å². The van der Waals surface area contributed by atoms with E-state index in [9.17, 15) is 4.79 Å². The molecule has 2 atom stereocenters. The lowest BCUT2D eigenvalue weighted by atomic mass is 10.1. The van der Waals surface area contributed by atoms with Crippen molar-refractivity contribution in [2.45, 2.75) is 39.9 Å². The van der Waals surface area contributed by atoms with Crippen LogP contribution in [0.5, 0.6) is 0 Å². The Labute approximate surface area is 74.5 Å². The molecule has 0 aromatic rings. The van der Waals surface area contributed by atoms with Crippen molar-refractivity contribution in [2.24, 2.45) is 5.92 Å². The summed E-state index contributed by atoms with van der Waals surface area (Å²) in [5.41, 5.74) is 0. The Bertz CT molecular complexity index is 145. The molecule has 0 saturated carbocycles. The average Bonchev–Trinajstić information content (AvgIpc) is 2.00. The fourth-order valence-corrected chi connectivity index (χ4v) is 0.988. The fourth-order valence-electron chi connectivity index (χ4n) is 0.988. The van der Waals surface area contributed by atoms with Gasteiger partial charge in [-0.3, -0.25) is 4.79 Å². The van der Waals surface area contributed by atoms with E-state index in [1.807, 2.05) is 27.7 Å². The maximum absolute atomic E-state index is 11.1. The summed E-state index contributed by atoms with van der Waals surface area (Å²) in [5.74, 6) is -0.0550. The molecule has 0 spiro atoms. The van der Waals surface area contributed by atoms with E-state index in [1.165, 1.54) is 0 Å². The molecule has 0 aliphatic heterocycles. The normalized spacial score (nSPS) is 15.8. The largest absolute Gasteiger partial charge is 0.375 e. The molecule has 72 valence electrons. The van der Waals surface area contributed by atoms with Gasteiger partial charge in [0.15, 0.2) is 0 Å². The lowest BCUT2D eigenvalue weighted by Crippen LogP contribution is -2.34. The molecule has 0 aliphatic carbocycles. The van der Waals surface area contributed by atoms with Crippen LogP contribution in [0.3, 0.4) is 0 Å². The van der Waals surface area contributed by atoms with Crippen molar-refractivity contribution in [1.29, 1.82) is 0 Å². The van der Waals surface area contributed by atoms with E-state index < -0.39 is 0 Å². The first-order valence-electron chi connectivity index (χ1n) is 4.36. The highest BCUT2D eigenvalue weighted by Crippen LogP contribution is 2.08. The quantitative estimate of drug-likeness (QED) is 0.693. The number of carbonyl (C=O) groups excluding carboxylic acids is 1. The molecule has 12 heavy (non-hydrogen) atoms. The van der Waals surface area contributed by atoms with Gasteiger partial charge in [0.1, 0.15) is 0 Å². The highest BCUT2D eigenvalue weighted by atomic mass is 16.5. The van der Waals surface area contributed by atoms with Gasteiger partial charge in [-0.05, 0) is 20.8 Å². The van der Waals surface area contributed by atoms with E-state index in [0.29, 0.717) is 0 Å². The lowest BCUT2D eigenvalue weighted by Gasteiger charge is -2.21. The zero-order valence-electron chi connectivity index (χ0n) is 8.55. The van der Waals surface area contributed by atoms with Crippen LogP contribution in [0.25, 0.3) is 0 Å². The van der Waals surface area contributed by atoms with Crippen LogP contribution in [-0.2, 0) is 9.53 Å². The van der Waals surface area contributed by atoms with Gasteiger partial charge in [-0.15, -0.1) is 0 Å². The Kier molecular flexibility index (Phi) is 4.90. The van der Waals surface area contributed by atoms with Gasteiger partial charge in [0.25, 0.3) is 0 Å². The predicted molar refractivity (Wildman–Crippen MR) is 48.9 cm³/mol. The third-order valence-electron chi connectivity index (χ3n) is 1.85. The second-order valence-electron chi connectivity index (χ2n) is 3.29. The summed E-state index contributed by atoms with van der Waals surface area (Å²) < 4.78 is 5.47. The molecule has 0 heterocycles. The van der Waals surface area contributed by atoms with Gasteiger partial charge in [0.2, 0.25) is 5.91 Å². The van der Waals surface area contributed by atoms with Gasteiger partial charge < -0.3 is 10.1 Å². The number of rotatable bonds is 4. The minimum Gasteiger partial charge on any atom is -0.375 e. The Morgan fingerprint density at radius 2 is 1.75 bits per heavy atom. The molecule has 0 radical (unpaired) electrons. The first kappa shape index (κ1) is 11.4. The van der Waals surface area contributed by atoms with E-state index in [-0.39, 0.29) is 24.0 Å². The molecule has 3 nitrogen and oxygen atoms in total. The first-order chi connectivity index (χ1) is 5.49. The van der Waals surface area contributed by atoms with E-state index in [2.05, 4.69) is 5.32 Å². The summed E-state index contributed by atoms with van der Waals surface area (Å²) in [6.45, 7) is 7.71. The Morgan fingerprint density at radius 1 is 1.25 bits per heavy atom. The molecule has 0 bridgehead atoms. The monoisotopic (exact) mass is 173 g/mol. The highest BCUT2D eigenvalue weighted by Gasteiger charge is 2.20. The van der Waals surface area contributed by atoms with Crippen molar-refractivity contribution < 1.29 is 9.53 Å². The van der Waals surface area contributed by atoms with Crippen molar-refractivity contribution >= 4 is 5.91 Å². The zero-order chi connectivity index (χ0) is 9.72. The van der Waals surface area contributed by atoms with E-state index in [1.54, 1.807) is 7.05 Å². The SMILES string of the molecule is CNC(=O)C(C)[C@@H](C)OC(C)C. The van der Waals surface area contributed by atoms with Crippen molar-refractivity contribution in [3.8, 4) is 0 Å². The molecule has 0 aromatic heterocycles. The number of hydrogen-bond donors (Lipinski definition) is 1. The number of hydrogen-bond acceptors (Lipinski definition) is 2. The maximum Gasteiger partial charge on any atom is 0.225 e. The summed E-state index contributed by atoms with van der Waals surface area (Å²) in [5, 5.41) is 2.60. The number of ether oxygens (including phenoxy) is 1. The van der Waals surface area contributed by atoms with Crippen LogP contribution in [-0.4, -0.2) is 25.2 Å². The summed E-state index contributed by atoms with van der Waals surface area (Å²) in [7, 11) is 1.64. The summed E-state index contributed by atoms with van der Waals surface area (Å²) in [6, 6.07) is 0. The molecule has 0 rings (SSSR count). The van der Waals surface area contributed by atoms with Crippen LogP contribution < -0.4 is 5.32 Å². The molecule has 0 fully saturated rings. The smallest absolute Gasteiger partial charge is 0.225 e. The molecule has 0 aliphatic rings. The highest BCUT2D eigenvalue weighted by molar-refractivity contribution is 5.78. The van der Waals surface area contributed by atoms with Crippen LogP contribution in [0.1, 0.15) is 27.7 Å². The molecular formula is C9H19NO2. The third kappa shape index (κ3) is 3.72. The predicted octanol–water partition coefficient (Wildman–Crippen LogP) is 1.18. The van der Waals surface area contributed by atoms with Crippen LogP contribution in [0.2, 0.25) is 0 Å². The standard InChI is InChI=1S/C9H19NO2/c1-6(2)12-8(4)7(3)9(11)10-5/h6-8H,1-5H3,(H,10,11)/t7?,8-/m1/s1. The van der Waals surface area contributed by atoms with Gasteiger partial charge in [0.05, 0.1) is 18.1 Å². The molecule has 1 N–H and O–H groups in total. The lowest BCUT2D eigenvalue weighted by molar-refractivity contribution is -0.129. The Balaban J connectivity index is 3.91. The summed E-state index contributed by atoms with van der Waals surface area (Å²) in [6.07, 6.45) is 0.150. The summed E-state index contributed by atoms with van der Waals surface area (Å²) in [4.78, 5) is 11.1. The van der Waals surface area contributed by atoms with Crippen molar-refractivity contribution in [2.75, 3.05) is 7.05 Å². The van der Waals surface area contributed by atoms with Gasteiger partial charge in [-0.25, -0.2) is 0 Å². The molecule has 1 amide bonds. The first-order valence-corrected chi connectivity index (χ1v) is 4.36. The molecule has 0 saturated heterocycles. The third-order valence-corrected chi connectivity index (χ3v) is 1.85. The maximum atomic E-state index is 11.1. The summed E-state index contributed by atoms with van der Waals surface area (Å²) >= 11 is 0. The second kappa shape index (κ2) is 5.14. The Hall–Kier alpha value is -0.570. The molecular weight excluding hydrogens is 154 g/mol. The van der Waals surface area contributed by atoms with Crippen molar-refractivity contribution in [3.63, 3.8) is 0 Å². The van der Waals surface area contributed by atoms with Crippen molar-refractivity contribution in [1.82, 2.24) is 5.32 Å². The molecule has 1 unspecified atom stereocenters. The van der Waals surface area contributed by atoms with Gasteiger partial charge >= 0.3 is 0 Å². The van der Waals surface area contributed by atoms with Gasteiger partial charge in [0, 0.05) is 7.05 Å².